The van der Waals surface area contributed by atoms with Gasteiger partial charge in [0.1, 0.15) is 11.5 Å². The molecule has 0 fully saturated rings. The summed E-state index contributed by atoms with van der Waals surface area (Å²) in [4.78, 5) is 24.1. The molecule has 0 bridgehead atoms. The van der Waals surface area contributed by atoms with Gasteiger partial charge < -0.3 is 20.6 Å². The van der Waals surface area contributed by atoms with Crippen LogP contribution in [-0.2, 0) is 0 Å². The number of anilines is 1. The van der Waals surface area contributed by atoms with Crippen LogP contribution in [0.15, 0.2) is 53.8 Å². The highest BCUT2D eigenvalue weighted by atomic mass is 16.5. The summed E-state index contributed by atoms with van der Waals surface area (Å²) < 4.78 is 6.24. The van der Waals surface area contributed by atoms with Gasteiger partial charge in [-0.2, -0.15) is 0 Å². The van der Waals surface area contributed by atoms with Crippen LogP contribution in [0.1, 0.15) is 64.1 Å². The van der Waals surface area contributed by atoms with Crippen LogP contribution in [0.4, 0.5) is 5.69 Å². The lowest BCUT2D eigenvalue weighted by Gasteiger charge is -2.37. The monoisotopic (exact) mass is 430 g/mol. The van der Waals surface area contributed by atoms with Gasteiger partial charge in [-0.1, -0.05) is 18.2 Å². The van der Waals surface area contributed by atoms with Gasteiger partial charge in [0.2, 0.25) is 0 Å². The van der Waals surface area contributed by atoms with Crippen molar-refractivity contribution in [1.82, 2.24) is 0 Å². The average Bonchev–Trinajstić information content (AvgIpc) is 2.74. The van der Waals surface area contributed by atoms with E-state index in [4.69, 9.17) is 10.1 Å². The zero-order valence-corrected chi connectivity index (χ0v) is 18.6. The molecule has 164 valence electrons. The van der Waals surface area contributed by atoms with Crippen LogP contribution in [-0.4, -0.2) is 29.1 Å². The Balaban J connectivity index is 1.99. The van der Waals surface area contributed by atoms with Crippen LogP contribution < -0.4 is 10.1 Å². The number of benzene rings is 2. The number of fused-ring (bicyclic) bond motifs is 2. The van der Waals surface area contributed by atoms with Crippen LogP contribution in [0.3, 0.4) is 0 Å². The number of nitrogens with one attached hydrogen (secondary N) is 2. The number of hydrogen-bond donors (Lipinski definition) is 3. The number of carboxylic acid groups (broad SMARTS) is 1. The van der Waals surface area contributed by atoms with Gasteiger partial charge in [0.15, 0.2) is 5.78 Å². The number of ether oxygens (including phenoxy) is 1. The maximum absolute atomic E-state index is 12.2. The standard InChI is InChI=1S/C26H26N2O4/c1-5-28-22-12-24-20(9-14(22)3)25(19-8-13(2)21(27)11-23(19)32-24)17-7-6-16(15(4)29)10-18(17)26(30)31/h6-12,19,25,27-28H,5H2,1-4H3,(H,30,31). The SMILES string of the molecule is CCNc1cc2c(cc1C)C(c1ccc(C(C)=O)cc1C(=O)O)C1C=C(C)C(=N)C=C1O2. The first-order valence-corrected chi connectivity index (χ1v) is 10.6. The van der Waals surface area contributed by atoms with Gasteiger partial charge in [-0.3, -0.25) is 4.79 Å². The van der Waals surface area contributed by atoms with E-state index in [9.17, 15) is 14.7 Å². The maximum atomic E-state index is 12.2. The Hall–Kier alpha value is -3.67. The van der Waals surface area contributed by atoms with Crippen molar-refractivity contribution in [3.05, 3.63) is 81.6 Å². The third-order valence-electron chi connectivity index (χ3n) is 6.14. The van der Waals surface area contributed by atoms with Crippen molar-refractivity contribution in [3.8, 4) is 5.75 Å². The number of aryl methyl sites for hydroxylation is 1. The molecule has 0 spiro atoms. The van der Waals surface area contributed by atoms with E-state index in [1.165, 1.54) is 13.0 Å². The van der Waals surface area contributed by atoms with Crippen LogP contribution >= 0.6 is 0 Å². The van der Waals surface area contributed by atoms with Gasteiger partial charge in [-0.05, 0) is 56.5 Å². The topological polar surface area (TPSA) is 99.5 Å². The predicted octanol–water partition coefficient (Wildman–Crippen LogP) is 5.33. The van der Waals surface area contributed by atoms with E-state index in [-0.39, 0.29) is 23.2 Å². The Morgan fingerprint density at radius 3 is 2.56 bits per heavy atom. The molecule has 0 aromatic heterocycles. The van der Waals surface area contributed by atoms with E-state index in [0.717, 1.165) is 28.9 Å². The first kappa shape index (κ1) is 21.6. The normalized spacial score (nSPS) is 19.2. The molecule has 4 rings (SSSR count). The highest BCUT2D eigenvalue weighted by Crippen LogP contribution is 2.50. The number of allylic oxidation sites excluding steroid dienone is 3. The van der Waals surface area contributed by atoms with Crippen LogP contribution in [0.2, 0.25) is 0 Å². The number of carbonyl (C=O) groups excluding carboxylic acids is 1. The van der Waals surface area contributed by atoms with E-state index < -0.39 is 5.97 Å². The van der Waals surface area contributed by atoms with Gasteiger partial charge >= 0.3 is 5.97 Å². The van der Waals surface area contributed by atoms with Crippen molar-refractivity contribution < 1.29 is 19.4 Å². The summed E-state index contributed by atoms with van der Waals surface area (Å²) in [5.74, 6) is -0.563. The fraction of sp³-hybridized carbons (Fsp3) is 0.269. The third kappa shape index (κ3) is 3.62. The molecule has 32 heavy (non-hydrogen) atoms. The zero-order chi connectivity index (χ0) is 23.2. The second-order valence-electron chi connectivity index (χ2n) is 8.31. The smallest absolute Gasteiger partial charge is 0.336 e. The number of aromatic carboxylic acids is 1. The van der Waals surface area contributed by atoms with Crippen LogP contribution in [0, 0.1) is 18.3 Å². The molecule has 2 aromatic rings. The molecule has 2 aromatic carbocycles. The molecule has 1 aliphatic heterocycles. The van der Waals surface area contributed by atoms with E-state index in [1.807, 2.05) is 39.0 Å². The number of carboxylic acids is 1. The molecule has 0 amide bonds. The number of rotatable bonds is 5. The minimum absolute atomic E-state index is 0.106. The summed E-state index contributed by atoms with van der Waals surface area (Å²) in [6.07, 6.45) is 3.69. The highest BCUT2D eigenvalue weighted by molar-refractivity contribution is 6.07. The van der Waals surface area contributed by atoms with E-state index in [2.05, 4.69) is 5.32 Å². The fourth-order valence-electron chi connectivity index (χ4n) is 4.49. The molecule has 1 aliphatic carbocycles. The minimum Gasteiger partial charge on any atom is -0.478 e. The summed E-state index contributed by atoms with van der Waals surface area (Å²) in [7, 11) is 0. The lowest BCUT2D eigenvalue weighted by atomic mass is 9.73. The summed E-state index contributed by atoms with van der Waals surface area (Å²) in [6.45, 7) is 8.09. The lowest BCUT2D eigenvalue weighted by Crippen LogP contribution is -2.29. The fourth-order valence-corrected chi connectivity index (χ4v) is 4.49. The van der Waals surface area contributed by atoms with Gasteiger partial charge in [0.05, 0.1) is 11.3 Å². The Bertz CT molecular complexity index is 1220. The molecular formula is C26H26N2O4. The molecule has 6 heteroatoms. The van der Waals surface area contributed by atoms with Crippen molar-refractivity contribution >= 4 is 23.2 Å². The van der Waals surface area contributed by atoms with E-state index in [1.54, 1.807) is 18.2 Å². The number of hydrogen-bond acceptors (Lipinski definition) is 5. The molecule has 2 aliphatic rings. The molecule has 1 heterocycles. The van der Waals surface area contributed by atoms with Crippen LogP contribution in [0.25, 0.3) is 0 Å². The summed E-state index contributed by atoms with van der Waals surface area (Å²) >= 11 is 0. The van der Waals surface area contributed by atoms with Crippen molar-refractivity contribution in [3.63, 3.8) is 0 Å². The predicted molar refractivity (Wildman–Crippen MR) is 124 cm³/mol. The molecular weight excluding hydrogens is 404 g/mol. The molecule has 0 radical (unpaired) electrons. The van der Waals surface area contributed by atoms with Crippen molar-refractivity contribution in [2.75, 3.05) is 11.9 Å². The first-order valence-electron chi connectivity index (χ1n) is 10.6. The minimum atomic E-state index is -1.08. The van der Waals surface area contributed by atoms with E-state index in [0.29, 0.717) is 28.3 Å². The second kappa shape index (κ2) is 8.11. The molecule has 2 atom stereocenters. The Morgan fingerprint density at radius 2 is 1.91 bits per heavy atom. The lowest BCUT2D eigenvalue weighted by molar-refractivity contribution is 0.0695. The third-order valence-corrected chi connectivity index (χ3v) is 6.14. The number of ketones is 1. The molecule has 6 nitrogen and oxygen atoms in total. The van der Waals surface area contributed by atoms with E-state index >= 15 is 0 Å². The Labute approximate surface area is 187 Å². The largest absolute Gasteiger partial charge is 0.478 e. The maximum Gasteiger partial charge on any atom is 0.336 e. The van der Waals surface area contributed by atoms with Crippen molar-refractivity contribution in [2.45, 2.75) is 33.6 Å². The Kier molecular flexibility index (Phi) is 5.46. The molecule has 3 N–H and O–H groups in total. The van der Waals surface area contributed by atoms with Gasteiger partial charge in [0.25, 0.3) is 0 Å². The van der Waals surface area contributed by atoms with Gasteiger partial charge in [-0.25, -0.2) is 4.79 Å². The molecule has 0 saturated carbocycles. The summed E-state index contributed by atoms with van der Waals surface area (Å²) in [5.41, 5.74) is 5.16. The first-order chi connectivity index (χ1) is 15.2. The summed E-state index contributed by atoms with van der Waals surface area (Å²) in [5, 5.41) is 21.6. The second-order valence-corrected chi connectivity index (χ2v) is 8.31. The van der Waals surface area contributed by atoms with Crippen molar-refractivity contribution in [1.29, 1.82) is 5.41 Å². The molecule has 2 unspecified atom stereocenters. The number of Topliss-reactive ketones (excluding diaryl/α,β-unsaturated/α-hetero) is 1. The number of carbonyl (C=O) groups is 2. The van der Waals surface area contributed by atoms with Crippen molar-refractivity contribution in [2.24, 2.45) is 5.92 Å². The highest BCUT2D eigenvalue weighted by Gasteiger charge is 2.39. The van der Waals surface area contributed by atoms with Crippen LogP contribution in [0.5, 0.6) is 5.75 Å². The summed E-state index contributed by atoms with van der Waals surface area (Å²) in [6, 6.07) is 8.87. The Morgan fingerprint density at radius 1 is 1.16 bits per heavy atom. The van der Waals surface area contributed by atoms with Gasteiger partial charge in [-0.15, -0.1) is 0 Å². The zero-order valence-electron chi connectivity index (χ0n) is 18.6. The van der Waals surface area contributed by atoms with Gasteiger partial charge in [0, 0.05) is 47.3 Å². The molecule has 0 saturated heterocycles. The quantitative estimate of drug-likeness (QED) is 0.557. The average molecular weight is 431 g/mol.